The summed E-state index contributed by atoms with van der Waals surface area (Å²) in [6.45, 7) is 2.26. The average Bonchev–Trinajstić information content (AvgIpc) is 2.96. The lowest BCUT2D eigenvalue weighted by Gasteiger charge is -2.26. The first-order valence-corrected chi connectivity index (χ1v) is 9.22. The molecule has 1 saturated heterocycles. The van der Waals surface area contributed by atoms with Gasteiger partial charge in [-0.15, -0.1) is 24.9 Å². The van der Waals surface area contributed by atoms with Crippen LogP contribution in [-0.4, -0.2) is 30.0 Å². The predicted octanol–water partition coefficient (Wildman–Crippen LogP) is 4.68. The number of amides is 1. The van der Waals surface area contributed by atoms with E-state index >= 15 is 0 Å². The Bertz CT molecular complexity index is 824. The maximum atomic E-state index is 12.4. The standard InChI is InChI=1S/C19H18F3NO3S/c1-12-3-8-16(25-2)15(9-12)18-23(17(24)11-27-18)10-13-4-6-14(7-5-13)26-19(20,21)22/h3-9,18H,10-11H2,1-2H3. The van der Waals surface area contributed by atoms with Crippen molar-refractivity contribution in [2.24, 2.45) is 0 Å². The molecule has 1 heterocycles. The van der Waals surface area contributed by atoms with Crippen LogP contribution in [0.1, 0.15) is 22.1 Å². The third-order valence-electron chi connectivity index (χ3n) is 4.13. The fraction of sp³-hybridized carbons (Fsp3) is 0.316. The van der Waals surface area contributed by atoms with Crippen molar-refractivity contribution in [3.05, 3.63) is 59.2 Å². The topological polar surface area (TPSA) is 38.8 Å². The van der Waals surface area contributed by atoms with Crippen LogP contribution in [0.2, 0.25) is 0 Å². The van der Waals surface area contributed by atoms with E-state index < -0.39 is 6.36 Å². The number of halogens is 3. The Hall–Kier alpha value is -2.35. The molecule has 1 atom stereocenters. The lowest BCUT2D eigenvalue weighted by molar-refractivity contribution is -0.274. The van der Waals surface area contributed by atoms with Crippen LogP contribution in [0.3, 0.4) is 0 Å². The van der Waals surface area contributed by atoms with Crippen molar-refractivity contribution in [2.45, 2.75) is 25.2 Å². The zero-order valence-corrected chi connectivity index (χ0v) is 15.6. The van der Waals surface area contributed by atoms with E-state index in [1.807, 2.05) is 25.1 Å². The van der Waals surface area contributed by atoms with Crippen LogP contribution in [0.5, 0.6) is 11.5 Å². The predicted molar refractivity (Wildman–Crippen MR) is 96.6 cm³/mol. The Labute approximate surface area is 159 Å². The van der Waals surface area contributed by atoms with Gasteiger partial charge in [0.25, 0.3) is 0 Å². The molecule has 144 valence electrons. The molecule has 8 heteroatoms. The molecule has 0 N–H and O–H groups in total. The molecular formula is C19H18F3NO3S. The van der Waals surface area contributed by atoms with Gasteiger partial charge in [0.05, 0.1) is 12.9 Å². The van der Waals surface area contributed by atoms with Gasteiger partial charge in [0.15, 0.2) is 0 Å². The van der Waals surface area contributed by atoms with Gasteiger partial charge in [-0.3, -0.25) is 4.79 Å². The van der Waals surface area contributed by atoms with Crippen LogP contribution in [0, 0.1) is 6.92 Å². The number of rotatable bonds is 5. The fourth-order valence-electron chi connectivity index (χ4n) is 2.92. The van der Waals surface area contributed by atoms with Crippen molar-refractivity contribution in [3.63, 3.8) is 0 Å². The Kier molecular flexibility index (Phi) is 5.55. The minimum atomic E-state index is -4.73. The van der Waals surface area contributed by atoms with Crippen molar-refractivity contribution in [2.75, 3.05) is 12.9 Å². The Morgan fingerprint density at radius 3 is 2.52 bits per heavy atom. The molecule has 0 bridgehead atoms. The maximum absolute atomic E-state index is 12.4. The Balaban J connectivity index is 1.80. The molecule has 1 unspecified atom stereocenters. The van der Waals surface area contributed by atoms with Crippen LogP contribution in [0.4, 0.5) is 13.2 Å². The second-order valence-corrected chi connectivity index (χ2v) is 7.19. The second-order valence-electron chi connectivity index (χ2n) is 6.12. The van der Waals surface area contributed by atoms with Crippen molar-refractivity contribution in [1.82, 2.24) is 4.90 Å². The second kappa shape index (κ2) is 7.72. The minimum Gasteiger partial charge on any atom is -0.496 e. The number of benzene rings is 2. The molecule has 1 fully saturated rings. The lowest BCUT2D eigenvalue weighted by atomic mass is 10.1. The molecule has 0 aromatic heterocycles. The molecular weight excluding hydrogens is 379 g/mol. The number of hydrogen-bond donors (Lipinski definition) is 0. The van der Waals surface area contributed by atoms with E-state index in [-0.39, 0.29) is 17.0 Å². The Morgan fingerprint density at radius 2 is 1.89 bits per heavy atom. The summed E-state index contributed by atoms with van der Waals surface area (Å²) in [5, 5.41) is -0.210. The molecule has 1 aliphatic rings. The molecule has 0 spiro atoms. The highest BCUT2D eigenvalue weighted by Gasteiger charge is 2.35. The summed E-state index contributed by atoms with van der Waals surface area (Å²) in [6.07, 6.45) is -4.73. The van der Waals surface area contributed by atoms with Gasteiger partial charge in [0.1, 0.15) is 16.9 Å². The summed E-state index contributed by atoms with van der Waals surface area (Å²) in [7, 11) is 1.58. The van der Waals surface area contributed by atoms with Crippen LogP contribution < -0.4 is 9.47 Å². The number of carbonyl (C=O) groups excluding carboxylic acids is 1. The normalized spacial score (nSPS) is 17.3. The monoisotopic (exact) mass is 397 g/mol. The van der Waals surface area contributed by atoms with Crippen LogP contribution in [0.25, 0.3) is 0 Å². The molecule has 0 radical (unpaired) electrons. The number of hydrogen-bond acceptors (Lipinski definition) is 4. The highest BCUT2D eigenvalue weighted by atomic mass is 32.2. The van der Waals surface area contributed by atoms with E-state index in [1.54, 1.807) is 12.0 Å². The molecule has 27 heavy (non-hydrogen) atoms. The summed E-state index contributed by atoms with van der Waals surface area (Å²) >= 11 is 1.50. The van der Waals surface area contributed by atoms with Crippen LogP contribution >= 0.6 is 11.8 Å². The van der Waals surface area contributed by atoms with Crippen molar-refractivity contribution in [3.8, 4) is 11.5 Å². The number of methoxy groups -OCH3 is 1. The molecule has 0 aliphatic carbocycles. The molecule has 0 saturated carbocycles. The van der Waals surface area contributed by atoms with Gasteiger partial charge in [0, 0.05) is 12.1 Å². The van der Waals surface area contributed by atoms with Gasteiger partial charge in [-0.25, -0.2) is 0 Å². The molecule has 1 amide bonds. The summed E-state index contributed by atoms with van der Waals surface area (Å²) < 4.78 is 46.1. The largest absolute Gasteiger partial charge is 0.573 e. The lowest BCUT2D eigenvalue weighted by Crippen LogP contribution is -2.28. The van der Waals surface area contributed by atoms with E-state index in [2.05, 4.69) is 4.74 Å². The molecule has 1 aliphatic heterocycles. The zero-order valence-electron chi connectivity index (χ0n) is 14.7. The fourth-order valence-corrected chi connectivity index (χ4v) is 4.12. The average molecular weight is 397 g/mol. The van der Waals surface area contributed by atoms with E-state index in [9.17, 15) is 18.0 Å². The summed E-state index contributed by atoms with van der Waals surface area (Å²) in [6, 6.07) is 11.4. The molecule has 2 aromatic carbocycles. The quantitative estimate of drug-likeness (QED) is 0.735. The summed E-state index contributed by atoms with van der Waals surface area (Å²) in [5.41, 5.74) is 2.68. The van der Waals surface area contributed by atoms with Crippen molar-refractivity contribution < 1.29 is 27.4 Å². The third-order valence-corrected chi connectivity index (χ3v) is 5.37. The minimum absolute atomic E-state index is 0.0239. The summed E-state index contributed by atoms with van der Waals surface area (Å²) in [4.78, 5) is 14.1. The third kappa shape index (κ3) is 4.68. The number of aryl methyl sites for hydroxylation is 1. The first-order chi connectivity index (χ1) is 12.8. The van der Waals surface area contributed by atoms with Crippen molar-refractivity contribution in [1.29, 1.82) is 0 Å². The van der Waals surface area contributed by atoms with Gasteiger partial charge < -0.3 is 14.4 Å². The van der Waals surface area contributed by atoms with Crippen LogP contribution in [-0.2, 0) is 11.3 Å². The molecule has 2 aromatic rings. The highest BCUT2D eigenvalue weighted by Crippen LogP contribution is 2.43. The number of nitrogens with zero attached hydrogens (tertiary/aromatic N) is 1. The zero-order chi connectivity index (χ0) is 19.6. The van der Waals surface area contributed by atoms with E-state index in [4.69, 9.17) is 4.74 Å². The number of alkyl halides is 3. The van der Waals surface area contributed by atoms with Gasteiger partial charge in [0.2, 0.25) is 5.91 Å². The SMILES string of the molecule is COc1ccc(C)cc1C1SCC(=O)N1Cc1ccc(OC(F)(F)F)cc1. The highest BCUT2D eigenvalue weighted by molar-refractivity contribution is 8.00. The summed E-state index contributed by atoms with van der Waals surface area (Å²) in [5.74, 6) is 0.734. The van der Waals surface area contributed by atoms with Gasteiger partial charge >= 0.3 is 6.36 Å². The number of ether oxygens (including phenoxy) is 2. The van der Waals surface area contributed by atoms with Gasteiger partial charge in [-0.2, -0.15) is 0 Å². The maximum Gasteiger partial charge on any atom is 0.573 e. The van der Waals surface area contributed by atoms with Crippen LogP contribution in [0.15, 0.2) is 42.5 Å². The first-order valence-electron chi connectivity index (χ1n) is 8.17. The van der Waals surface area contributed by atoms with Crippen molar-refractivity contribution >= 4 is 17.7 Å². The first kappa shape index (κ1) is 19.4. The van der Waals surface area contributed by atoms with E-state index in [0.29, 0.717) is 18.0 Å². The van der Waals surface area contributed by atoms with E-state index in [0.717, 1.165) is 16.7 Å². The van der Waals surface area contributed by atoms with Gasteiger partial charge in [-0.1, -0.05) is 23.8 Å². The smallest absolute Gasteiger partial charge is 0.496 e. The molecule has 3 rings (SSSR count). The number of carbonyl (C=O) groups is 1. The van der Waals surface area contributed by atoms with Gasteiger partial charge in [-0.05, 0) is 36.8 Å². The molecule has 4 nitrogen and oxygen atoms in total. The number of thioether (sulfide) groups is 1. The van der Waals surface area contributed by atoms with E-state index in [1.165, 1.54) is 36.0 Å². The Morgan fingerprint density at radius 1 is 1.19 bits per heavy atom.